The van der Waals surface area contributed by atoms with E-state index in [-0.39, 0.29) is 11.1 Å². The molecule has 10 heteroatoms. The molecule has 5 rings (SSSR count). The van der Waals surface area contributed by atoms with Gasteiger partial charge >= 0.3 is 0 Å². The maximum absolute atomic E-state index is 9.52. The number of anilines is 1. The number of rotatable bonds is 10. The lowest BCUT2D eigenvalue weighted by molar-refractivity contribution is 0.266. The van der Waals surface area contributed by atoms with Crippen LogP contribution in [0.5, 0.6) is 11.5 Å². The van der Waals surface area contributed by atoms with Crippen LogP contribution in [-0.2, 0) is 17.6 Å². The molecular weight excluding hydrogens is 568 g/mol. The van der Waals surface area contributed by atoms with Crippen LogP contribution in [0.2, 0.25) is 18.1 Å². The van der Waals surface area contributed by atoms with Crippen LogP contribution in [0.1, 0.15) is 57.5 Å². The van der Waals surface area contributed by atoms with Crippen molar-refractivity contribution in [3.05, 3.63) is 65.6 Å². The monoisotopic (exact) mass is 610 g/mol. The van der Waals surface area contributed by atoms with Gasteiger partial charge in [-0.15, -0.1) is 0 Å². The molecule has 230 valence electrons. The molecule has 0 aliphatic heterocycles. The molecule has 0 fully saturated rings. The molecule has 0 aliphatic rings. The highest BCUT2D eigenvalue weighted by molar-refractivity contribution is 6.74. The summed E-state index contributed by atoms with van der Waals surface area (Å²) < 4.78 is 20.2. The van der Waals surface area contributed by atoms with E-state index >= 15 is 0 Å². The number of aromatic amines is 1. The number of nitrogens with zero attached hydrogens (tertiary/aromatic N) is 4. The topological polar surface area (TPSA) is 110 Å². The van der Waals surface area contributed by atoms with E-state index in [1.165, 1.54) is 0 Å². The summed E-state index contributed by atoms with van der Waals surface area (Å²) in [6.07, 6.45) is 1.61. The molecule has 0 bridgehead atoms. The molecule has 2 N–H and O–H groups in total. The predicted octanol–water partition coefficient (Wildman–Crippen LogP) is 8.18. The Balaban J connectivity index is 1.71. The van der Waals surface area contributed by atoms with Crippen molar-refractivity contribution in [1.29, 1.82) is 5.26 Å². The fourth-order valence-corrected chi connectivity index (χ4v) is 6.21. The van der Waals surface area contributed by atoms with Crippen LogP contribution in [0, 0.1) is 11.3 Å². The van der Waals surface area contributed by atoms with E-state index in [1.54, 1.807) is 20.5 Å². The molecule has 0 amide bonds. The Kier molecular flexibility index (Phi) is 8.47. The molecule has 3 aromatic heterocycles. The Morgan fingerprint density at radius 1 is 1.05 bits per heavy atom. The minimum Gasteiger partial charge on any atom is -0.497 e. The van der Waals surface area contributed by atoms with E-state index in [1.807, 2.05) is 36.4 Å². The summed E-state index contributed by atoms with van der Waals surface area (Å²) in [5.74, 6) is 2.18. The quantitative estimate of drug-likeness (QED) is 0.153. The van der Waals surface area contributed by atoms with Crippen molar-refractivity contribution in [3.8, 4) is 28.8 Å². The second kappa shape index (κ2) is 12.0. The minimum absolute atomic E-state index is 0.0561. The second-order valence-electron chi connectivity index (χ2n) is 12.9. The number of nitrogens with one attached hydrogen (secondary N) is 2. The number of aromatic nitrogens is 4. The van der Waals surface area contributed by atoms with E-state index in [4.69, 9.17) is 23.9 Å². The third-order valence-electron chi connectivity index (χ3n) is 8.74. The molecule has 0 spiro atoms. The normalized spacial score (nSPS) is 12.2. The molecule has 0 aliphatic carbocycles. The van der Waals surface area contributed by atoms with E-state index in [2.05, 4.69) is 74.7 Å². The van der Waals surface area contributed by atoms with Gasteiger partial charge in [0.1, 0.15) is 29.3 Å². The minimum atomic E-state index is -2.09. The third kappa shape index (κ3) is 5.77. The van der Waals surface area contributed by atoms with Crippen molar-refractivity contribution in [2.45, 2.75) is 71.9 Å². The van der Waals surface area contributed by atoms with Crippen molar-refractivity contribution in [1.82, 2.24) is 19.5 Å². The zero-order chi connectivity index (χ0) is 31.8. The highest BCUT2D eigenvalue weighted by atomic mass is 28.4. The Hall–Kier alpha value is -4.33. The highest BCUT2D eigenvalue weighted by Gasteiger charge is 2.38. The first kappa shape index (κ1) is 31.1. The summed E-state index contributed by atoms with van der Waals surface area (Å²) in [7, 11) is 1.21. The molecule has 3 heterocycles. The highest BCUT2D eigenvalue weighted by Crippen LogP contribution is 2.43. The third-order valence-corrected chi connectivity index (χ3v) is 13.2. The second-order valence-corrected chi connectivity index (χ2v) is 17.7. The van der Waals surface area contributed by atoms with Crippen LogP contribution in [0.25, 0.3) is 33.2 Å². The summed E-state index contributed by atoms with van der Waals surface area (Å²) >= 11 is 0. The number of ether oxygens (including phenoxy) is 2. The number of methoxy groups -OCH3 is 2. The Morgan fingerprint density at radius 3 is 2.48 bits per heavy atom. The smallest absolute Gasteiger partial charge is 0.192 e. The van der Waals surface area contributed by atoms with Gasteiger partial charge in [-0.05, 0) is 62.3 Å². The first-order chi connectivity index (χ1) is 20.9. The zero-order valence-corrected chi connectivity index (χ0v) is 28.1. The van der Waals surface area contributed by atoms with Crippen LogP contribution in [0.3, 0.4) is 0 Å². The fourth-order valence-electron chi connectivity index (χ4n) is 5.28. The Bertz CT molecular complexity index is 1860. The molecule has 5 aromatic rings. The summed E-state index contributed by atoms with van der Waals surface area (Å²) in [4.78, 5) is 13.2. The van der Waals surface area contributed by atoms with Gasteiger partial charge in [-0.1, -0.05) is 26.8 Å². The van der Waals surface area contributed by atoms with Gasteiger partial charge in [0.15, 0.2) is 8.32 Å². The largest absolute Gasteiger partial charge is 0.497 e. The zero-order valence-electron chi connectivity index (χ0n) is 27.1. The lowest BCUT2D eigenvalue weighted by Crippen LogP contribution is -2.40. The average Bonchev–Trinajstić information content (AvgIpc) is 3.56. The van der Waals surface area contributed by atoms with Gasteiger partial charge in [0.25, 0.3) is 0 Å². The van der Waals surface area contributed by atoms with E-state index in [0.717, 1.165) is 56.0 Å². The van der Waals surface area contributed by atoms with Crippen molar-refractivity contribution in [2.24, 2.45) is 0 Å². The maximum atomic E-state index is 9.52. The van der Waals surface area contributed by atoms with Gasteiger partial charge < -0.3 is 28.8 Å². The molecule has 0 atom stereocenters. The summed E-state index contributed by atoms with van der Waals surface area (Å²) in [5, 5.41) is 15.1. The number of nitriles is 1. The fraction of sp³-hybridized carbons (Fsp3) is 0.382. The molecular formula is C34H42N6O3Si. The number of H-pyrrole nitrogens is 1. The maximum Gasteiger partial charge on any atom is 0.192 e. The van der Waals surface area contributed by atoms with Gasteiger partial charge in [0.05, 0.1) is 43.5 Å². The summed E-state index contributed by atoms with van der Waals surface area (Å²) in [6, 6.07) is 16.0. The molecule has 0 unspecified atom stereocenters. The van der Waals surface area contributed by atoms with Gasteiger partial charge in [0.2, 0.25) is 0 Å². The predicted molar refractivity (Wildman–Crippen MR) is 179 cm³/mol. The molecule has 0 saturated carbocycles. The first-order valence-corrected chi connectivity index (χ1v) is 17.8. The number of hydrogen-bond donors (Lipinski definition) is 2. The van der Waals surface area contributed by atoms with Crippen LogP contribution in [-0.4, -0.2) is 42.1 Å². The molecule has 0 saturated heterocycles. The van der Waals surface area contributed by atoms with Crippen LogP contribution in [0.15, 0.2) is 48.8 Å². The van der Waals surface area contributed by atoms with Crippen LogP contribution in [0.4, 0.5) is 5.82 Å². The van der Waals surface area contributed by atoms with Crippen molar-refractivity contribution in [2.75, 3.05) is 19.5 Å². The van der Waals surface area contributed by atoms with Gasteiger partial charge in [-0.2, -0.15) is 5.26 Å². The first-order valence-electron chi connectivity index (χ1n) is 14.9. The van der Waals surface area contributed by atoms with Crippen LogP contribution < -0.4 is 14.8 Å². The Morgan fingerprint density at radius 2 is 1.82 bits per heavy atom. The van der Waals surface area contributed by atoms with Crippen molar-refractivity contribution >= 4 is 36.1 Å². The lowest BCUT2D eigenvalue weighted by atomic mass is 10.1. The molecule has 2 aromatic carbocycles. The van der Waals surface area contributed by atoms with Gasteiger partial charge in [0, 0.05) is 46.4 Å². The lowest BCUT2D eigenvalue weighted by Gasteiger charge is -2.36. The molecule has 0 radical (unpaired) electrons. The van der Waals surface area contributed by atoms with E-state index in [0.29, 0.717) is 24.5 Å². The molecule has 44 heavy (non-hydrogen) atoms. The van der Waals surface area contributed by atoms with Crippen molar-refractivity contribution < 1.29 is 13.9 Å². The average molecular weight is 611 g/mol. The Labute approximate surface area is 260 Å². The number of fused-ring (bicyclic) bond motifs is 2. The number of benzene rings is 2. The number of hydrogen-bond acceptors (Lipinski definition) is 7. The molecule has 9 nitrogen and oxygen atoms in total. The standard InChI is InChI=1S/C34H42N6O3Si/c1-21(2)40-28(19-43-44(8,9)34(3,4)5)30(27-15-23-11-10-22(17-35)14-26(23)39-27)31-32(37-20-38-33(31)40)36-18-24-12-13-25(41-6)16-29(24)42-7/h10-16,20-21,39H,18-19H2,1-9H3,(H,36,37,38). The van der Waals surface area contributed by atoms with Crippen LogP contribution >= 0.6 is 0 Å². The van der Waals surface area contributed by atoms with Gasteiger partial charge in [-0.25, -0.2) is 9.97 Å². The van der Waals surface area contributed by atoms with Gasteiger partial charge in [-0.3, -0.25) is 0 Å². The summed E-state index contributed by atoms with van der Waals surface area (Å²) in [6.45, 7) is 16.6. The van der Waals surface area contributed by atoms with Crippen molar-refractivity contribution in [3.63, 3.8) is 0 Å². The summed E-state index contributed by atoms with van der Waals surface area (Å²) in [5.41, 5.74) is 6.27. The van der Waals surface area contributed by atoms with E-state index < -0.39 is 8.32 Å². The van der Waals surface area contributed by atoms with E-state index in [9.17, 15) is 5.26 Å². The SMILES string of the molecule is COc1ccc(CNc2ncnc3c2c(-c2cc4ccc(C#N)cc4[nH]2)c(CO[Si](C)(C)C(C)(C)C)n3C(C)C)c(OC)c1.